The molecule has 2 aliphatic rings. The van der Waals surface area contributed by atoms with Crippen LogP contribution in [-0.4, -0.2) is 59.5 Å². The number of piperidine rings is 1. The molecule has 10 nitrogen and oxygen atoms in total. The largest absolute Gasteiger partial charge is 0.466 e. The number of nitrogens with zero attached hydrogens (tertiary/aromatic N) is 5. The highest BCUT2D eigenvalue weighted by Crippen LogP contribution is 2.40. The SMILES string of the molecule is COC(=O)C1=C(C2CCN(S(=O)(=O)c3cnn(C)c3)CC2)NC(c2nccs2)=N[C@@H]1c1ccc(F)cc1Cl. The Balaban J connectivity index is 1.52. The number of methoxy groups -OCH3 is 1. The summed E-state index contributed by atoms with van der Waals surface area (Å²) in [5.41, 5.74) is 1.26. The maximum absolute atomic E-state index is 13.9. The van der Waals surface area contributed by atoms with Crippen molar-refractivity contribution >= 4 is 44.8 Å². The van der Waals surface area contributed by atoms with Crippen molar-refractivity contribution in [2.75, 3.05) is 20.2 Å². The van der Waals surface area contributed by atoms with E-state index in [0.717, 1.165) is 0 Å². The van der Waals surface area contributed by atoms with E-state index < -0.39 is 27.9 Å². The minimum atomic E-state index is -3.70. The molecule has 1 saturated heterocycles. The van der Waals surface area contributed by atoms with E-state index in [4.69, 9.17) is 21.3 Å². The third kappa shape index (κ3) is 4.98. The van der Waals surface area contributed by atoms with Crippen molar-refractivity contribution in [3.05, 3.63) is 74.9 Å². The number of carbonyl (C=O) groups excluding carboxylic acids is 1. The normalized spacial score (nSPS) is 19.3. The van der Waals surface area contributed by atoms with Gasteiger partial charge in [0.15, 0.2) is 10.8 Å². The number of hydrogen-bond acceptors (Lipinski definition) is 9. The maximum atomic E-state index is 13.9. The Bertz CT molecular complexity index is 1530. The second kappa shape index (κ2) is 10.6. The number of ether oxygens (including phenoxy) is 1. The molecule has 14 heteroatoms. The number of halogens is 2. The average Bonchev–Trinajstić information content (AvgIpc) is 3.60. The zero-order valence-corrected chi connectivity index (χ0v) is 22.9. The first-order chi connectivity index (χ1) is 18.2. The van der Waals surface area contributed by atoms with Crippen LogP contribution in [0.25, 0.3) is 0 Å². The van der Waals surface area contributed by atoms with Gasteiger partial charge in [-0.1, -0.05) is 17.7 Å². The molecule has 0 saturated carbocycles. The number of rotatable bonds is 6. The Morgan fingerprint density at radius 1 is 1.29 bits per heavy atom. The molecule has 0 bridgehead atoms. The molecule has 38 heavy (non-hydrogen) atoms. The number of nitrogens with one attached hydrogen (secondary N) is 1. The lowest BCUT2D eigenvalue weighted by atomic mass is 9.86. The van der Waals surface area contributed by atoms with E-state index in [-0.39, 0.29) is 34.5 Å². The number of thiazole rings is 1. The quantitative estimate of drug-likeness (QED) is 0.446. The molecular formula is C24H24ClFN6O4S2. The molecule has 2 aliphatic heterocycles. The molecule has 1 atom stereocenters. The summed E-state index contributed by atoms with van der Waals surface area (Å²) in [6.07, 6.45) is 5.32. The molecule has 4 heterocycles. The number of hydrogen-bond donors (Lipinski definition) is 1. The lowest BCUT2D eigenvalue weighted by Crippen LogP contribution is -2.43. The van der Waals surface area contributed by atoms with Crippen molar-refractivity contribution in [1.82, 2.24) is 24.4 Å². The molecule has 1 aromatic carbocycles. The maximum Gasteiger partial charge on any atom is 0.338 e. The molecular weight excluding hydrogens is 555 g/mol. The first kappa shape index (κ1) is 26.5. The highest BCUT2D eigenvalue weighted by atomic mass is 35.5. The molecule has 0 amide bonds. The predicted octanol–water partition coefficient (Wildman–Crippen LogP) is 3.29. The van der Waals surface area contributed by atoms with Crippen molar-refractivity contribution in [3.8, 4) is 0 Å². The number of aryl methyl sites for hydroxylation is 1. The van der Waals surface area contributed by atoms with Crippen LogP contribution in [0.2, 0.25) is 5.02 Å². The van der Waals surface area contributed by atoms with Crippen molar-refractivity contribution in [1.29, 1.82) is 0 Å². The van der Waals surface area contributed by atoms with Crippen LogP contribution in [0, 0.1) is 11.7 Å². The number of carbonyl (C=O) groups is 1. The van der Waals surface area contributed by atoms with Gasteiger partial charge in [0.05, 0.1) is 18.9 Å². The Morgan fingerprint density at radius 3 is 2.66 bits per heavy atom. The van der Waals surface area contributed by atoms with Gasteiger partial charge in [-0.15, -0.1) is 11.3 Å². The van der Waals surface area contributed by atoms with Gasteiger partial charge < -0.3 is 10.1 Å². The monoisotopic (exact) mass is 578 g/mol. The summed E-state index contributed by atoms with van der Waals surface area (Å²) in [4.78, 5) is 22.4. The smallest absolute Gasteiger partial charge is 0.338 e. The van der Waals surface area contributed by atoms with Gasteiger partial charge in [-0.3, -0.25) is 9.67 Å². The highest BCUT2D eigenvalue weighted by molar-refractivity contribution is 7.89. The zero-order chi connectivity index (χ0) is 27.0. The van der Waals surface area contributed by atoms with E-state index in [2.05, 4.69) is 15.4 Å². The fraction of sp³-hybridized carbons (Fsp3) is 0.333. The summed E-state index contributed by atoms with van der Waals surface area (Å²) in [5.74, 6) is -0.886. The fourth-order valence-electron chi connectivity index (χ4n) is 4.68. The van der Waals surface area contributed by atoms with Crippen molar-refractivity contribution in [2.45, 2.75) is 23.8 Å². The molecule has 0 radical (unpaired) electrons. The number of sulfonamides is 1. The van der Waals surface area contributed by atoms with E-state index in [1.54, 1.807) is 18.6 Å². The van der Waals surface area contributed by atoms with Crippen LogP contribution in [0.3, 0.4) is 0 Å². The number of benzene rings is 1. The highest BCUT2D eigenvalue weighted by Gasteiger charge is 2.39. The van der Waals surface area contributed by atoms with Crippen molar-refractivity contribution in [2.24, 2.45) is 18.0 Å². The molecule has 1 N–H and O–H groups in total. The topological polar surface area (TPSA) is 119 Å². The van der Waals surface area contributed by atoms with Gasteiger partial charge >= 0.3 is 5.97 Å². The summed E-state index contributed by atoms with van der Waals surface area (Å²) < 4.78 is 48.1. The van der Waals surface area contributed by atoms with Gasteiger partial charge in [0.25, 0.3) is 0 Å². The minimum absolute atomic E-state index is 0.122. The van der Waals surface area contributed by atoms with Crippen LogP contribution in [-0.2, 0) is 26.6 Å². The first-order valence-electron chi connectivity index (χ1n) is 11.7. The van der Waals surface area contributed by atoms with Crippen LogP contribution in [0.1, 0.15) is 29.5 Å². The number of esters is 1. The fourth-order valence-corrected chi connectivity index (χ4v) is 7.00. The van der Waals surface area contributed by atoms with E-state index >= 15 is 0 Å². The first-order valence-corrected chi connectivity index (χ1v) is 14.4. The van der Waals surface area contributed by atoms with Gasteiger partial charge in [-0.05, 0) is 25.0 Å². The number of aromatic nitrogens is 3. The molecule has 0 spiro atoms. The summed E-state index contributed by atoms with van der Waals surface area (Å²) in [7, 11) is -0.767. The van der Waals surface area contributed by atoms with Gasteiger partial charge in [0, 0.05) is 60.1 Å². The number of allylic oxidation sites excluding steroid dienone is 1. The number of aliphatic imine (C=N–C) groups is 1. The molecule has 1 fully saturated rings. The molecule has 5 rings (SSSR count). The lowest BCUT2D eigenvalue weighted by Gasteiger charge is -2.36. The lowest BCUT2D eigenvalue weighted by molar-refractivity contribution is -0.136. The molecule has 0 unspecified atom stereocenters. The Labute approximate surface area is 227 Å². The van der Waals surface area contributed by atoms with Crippen molar-refractivity contribution < 1.29 is 22.3 Å². The van der Waals surface area contributed by atoms with Gasteiger partial charge in [0.1, 0.15) is 16.8 Å². The van der Waals surface area contributed by atoms with Crippen LogP contribution >= 0.6 is 22.9 Å². The summed E-state index contributed by atoms with van der Waals surface area (Å²) in [5, 5.41) is 9.80. The number of amidine groups is 1. The summed E-state index contributed by atoms with van der Waals surface area (Å²) in [6, 6.07) is 3.06. The van der Waals surface area contributed by atoms with E-state index in [1.807, 2.05) is 0 Å². The van der Waals surface area contributed by atoms with Crippen LogP contribution in [0.15, 0.2) is 63.3 Å². The standard InChI is InChI=1S/C24H24ClFN6O4S2/c1-31-13-16(12-28-31)38(34,35)32-8-5-14(6-9-32)20-19(24(33)36-2)21(17-4-3-15(26)11-18(17)25)30-22(29-20)23-27-7-10-37-23/h3-4,7,10-14,21H,5-6,8-9H2,1-2H3,(H,29,30)/t21-/m1/s1. The minimum Gasteiger partial charge on any atom is -0.466 e. The Hall–Kier alpha value is -3.13. The molecule has 2 aromatic heterocycles. The Morgan fingerprint density at radius 2 is 2.05 bits per heavy atom. The van der Waals surface area contributed by atoms with Gasteiger partial charge in [-0.25, -0.2) is 22.6 Å². The van der Waals surface area contributed by atoms with E-state index in [0.29, 0.717) is 34.9 Å². The zero-order valence-electron chi connectivity index (χ0n) is 20.5. The Kier molecular flexibility index (Phi) is 7.36. The molecule has 3 aromatic rings. The van der Waals surface area contributed by atoms with Crippen LogP contribution in [0.5, 0.6) is 0 Å². The summed E-state index contributed by atoms with van der Waals surface area (Å²) >= 11 is 7.78. The molecule has 0 aliphatic carbocycles. The van der Waals surface area contributed by atoms with Gasteiger partial charge in [-0.2, -0.15) is 9.40 Å². The third-order valence-electron chi connectivity index (χ3n) is 6.55. The third-order valence-corrected chi connectivity index (χ3v) is 9.51. The van der Waals surface area contributed by atoms with Crippen molar-refractivity contribution in [3.63, 3.8) is 0 Å². The van der Waals surface area contributed by atoms with E-state index in [1.165, 1.54) is 58.0 Å². The second-order valence-electron chi connectivity index (χ2n) is 8.86. The summed E-state index contributed by atoms with van der Waals surface area (Å²) in [6.45, 7) is 0.487. The second-order valence-corrected chi connectivity index (χ2v) is 12.1. The van der Waals surface area contributed by atoms with Crippen LogP contribution < -0.4 is 5.32 Å². The van der Waals surface area contributed by atoms with E-state index in [9.17, 15) is 17.6 Å². The van der Waals surface area contributed by atoms with Gasteiger partial charge in [0.2, 0.25) is 10.0 Å². The average molecular weight is 579 g/mol. The van der Waals surface area contributed by atoms with Crippen LogP contribution in [0.4, 0.5) is 4.39 Å². The molecule has 200 valence electrons. The predicted molar refractivity (Wildman–Crippen MR) is 140 cm³/mol.